The Balaban J connectivity index is 1.79. The van der Waals surface area contributed by atoms with Crippen LogP contribution in [0.2, 0.25) is 0 Å². The molecule has 0 saturated carbocycles. The summed E-state index contributed by atoms with van der Waals surface area (Å²) < 4.78 is 7.11. The predicted molar refractivity (Wildman–Crippen MR) is 112 cm³/mol. The van der Waals surface area contributed by atoms with E-state index in [0.717, 1.165) is 21.3 Å². The third-order valence-electron chi connectivity index (χ3n) is 4.26. The fourth-order valence-corrected chi connectivity index (χ4v) is 4.47. The molecule has 0 saturated heterocycles. The Kier molecular flexibility index (Phi) is 4.85. The molecule has 2 heterocycles. The number of nitrogens with zero attached hydrogens (tertiary/aromatic N) is 2. The number of hydrogen-bond donors (Lipinski definition) is 0. The minimum atomic E-state index is -0.210. The number of aryl methyl sites for hydroxylation is 2. The normalized spacial score (nSPS) is 11.1. The number of carbonyl (C=O) groups excluding carboxylic acids is 1. The van der Waals surface area contributed by atoms with Crippen LogP contribution in [0.25, 0.3) is 10.2 Å². The summed E-state index contributed by atoms with van der Waals surface area (Å²) in [6, 6.07) is 17.5. The molecule has 0 aliphatic heterocycles. The highest BCUT2D eigenvalue weighted by Gasteiger charge is 2.24. The van der Waals surface area contributed by atoms with Gasteiger partial charge in [-0.1, -0.05) is 47.7 Å². The number of benzene rings is 2. The predicted octanol–water partition coefficient (Wildman–Crippen LogP) is 6.12. The molecule has 2 aromatic carbocycles. The van der Waals surface area contributed by atoms with Crippen molar-refractivity contribution in [3.05, 3.63) is 81.7 Å². The van der Waals surface area contributed by atoms with Gasteiger partial charge in [-0.25, -0.2) is 4.98 Å². The molecule has 2 aromatic heterocycles. The SMILES string of the molecule is Cc1cc(C)c2nc(N(Cc3ccccc3)C(=O)c3ccc(Br)o3)sc2c1. The molecule has 4 rings (SSSR count). The van der Waals surface area contributed by atoms with Crippen molar-refractivity contribution in [3.8, 4) is 0 Å². The minimum Gasteiger partial charge on any atom is -0.444 e. The summed E-state index contributed by atoms with van der Waals surface area (Å²) in [4.78, 5) is 19.6. The van der Waals surface area contributed by atoms with E-state index in [9.17, 15) is 4.79 Å². The Morgan fingerprint density at radius 1 is 1.15 bits per heavy atom. The van der Waals surface area contributed by atoms with Crippen LogP contribution in [0, 0.1) is 13.8 Å². The molecular formula is C21H17BrN2O2S. The standard InChI is InChI=1S/C21H17BrN2O2S/c1-13-10-14(2)19-17(11-13)27-21(23-19)24(12-15-6-4-3-5-7-15)20(25)16-8-9-18(22)26-16/h3-11H,12H2,1-2H3. The van der Waals surface area contributed by atoms with E-state index in [2.05, 4.69) is 35.0 Å². The number of rotatable bonds is 4. The van der Waals surface area contributed by atoms with Crippen molar-refractivity contribution >= 4 is 48.5 Å². The number of aromatic nitrogens is 1. The first-order valence-electron chi connectivity index (χ1n) is 8.50. The zero-order valence-corrected chi connectivity index (χ0v) is 17.3. The number of carbonyl (C=O) groups is 1. The molecule has 0 aliphatic carbocycles. The van der Waals surface area contributed by atoms with Crippen LogP contribution >= 0.6 is 27.3 Å². The lowest BCUT2D eigenvalue weighted by molar-refractivity contribution is 0.0957. The number of furan rings is 1. The van der Waals surface area contributed by atoms with Gasteiger partial charge in [-0.2, -0.15) is 0 Å². The molecule has 6 heteroatoms. The van der Waals surface area contributed by atoms with Gasteiger partial charge >= 0.3 is 0 Å². The molecular weight excluding hydrogens is 424 g/mol. The second kappa shape index (κ2) is 7.29. The Morgan fingerprint density at radius 2 is 1.93 bits per heavy atom. The minimum absolute atomic E-state index is 0.210. The van der Waals surface area contributed by atoms with Gasteiger partial charge in [-0.3, -0.25) is 9.69 Å². The summed E-state index contributed by atoms with van der Waals surface area (Å²) in [6.07, 6.45) is 0. The van der Waals surface area contributed by atoms with E-state index in [-0.39, 0.29) is 11.7 Å². The van der Waals surface area contributed by atoms with E-state index in [1.165, 1.54) is 16.9 Å². The van der Waals surface area contributed by atoms with Crippen molar-refractivity contribution in [2.24, 2.45) is 0 Å². The lowest BCUT2D eigenvalue weighted by Crippen LogP contribution is -2.30. The first-order valence-corrected chi connectivity index (χ1v) is 10.1. The van der Waals surface area contributed by atoms with Gasteiger partial charge in [0, 0.05) is 0 Å². The van der Waals surface area contributed by atoms with Gasteiger partial charge in [0.05, 0.1) is 16.8 Å². The number of hydrogen-bond acceptors (Lipinski definition) is 4. The van der Waals surface area contributed by atoms with Crippen LogP contribution in [-0.2, 0) is 6.54 Å². The smallest absolute Gasteiger partial charge is 0.296 e. The second-order valence-electron chi connectivity index (χ2n) is 6.41. The van der Waals surface area contributed by atoms with Crippen LogP contribution in [0.4, 0.5) is 5.13 Å². The quantitative estimate of drug-likeness (QED) is 0.384. The Morgan fingerprint density at radius 3 is 2.63 bits per heavy atom. The zero-order valence-electron chi connectivity index (χ0n) is 14.9. The highest BCUT2D eigenvalue weighted by molar-refractivity contribution is 9.10. The number of amides is 1. The number of halogens is 1. The topological polar surface area (TPSA) is 46.3 Å². The van der Waals surface area contributed by atoms with Gasteiger partial charge in [-0.05, 0) is 64.7 Å². The molecule has 0 bridgehead atoms. The summed E-state index contributed by atoms with van der Waals surface area (Å²) in [5.74, 6) is 0.0722. The van der Waals surface area contributed by atoms with Crippen molar-refractivity contribution in [2.45, 2.75) is 20.4 Å². The lowest BCUT2D eigenvalue weighted by atomic mass is 10.1. The van der Waals surface area contributed by atoms with Gasteiger partial charge in [-0.15, -0.1) is 0 Å². The molecule has 0 fully saturated rings. The number of anilines is 1. The van der Waals surface area contributed by atoms with E-state index < -0.39 is 0 Å². The highest BCUT2D eigenvalue weighted by atomic mass is 79.9. The van der Waals surface area contributed by atoms with Crippen molar-refractivity contribution < 1.29 is 9.21 Å². The second-order valence-corrected chi connectivity index (χ2v) is 8.20. The molecule has 0 N–H and O–H groups in total. The van der Waals surface area contributed by atoms with E-state index in [4.69, 9.17) is 9.40 Å². The Bertz CT molecular complexity index is 1120. The zero-order chi connectivity index (χ0) is 19.0. The van der Waals surface area contributed by atoms with E-state index in [0.29, 0.717) is 16.3 Å². The van der Waals surface area contributed by atoms with Crippen LogP contribution in [0.5, 0.6) is 0 Å². The maximum Gasteiger partial charge on any atom is 0.296 e. The van der Waals surface area contributed by atoms with Gasteiger partial charge < -0.3 is 4.42 Å². The lowest BCUT2D eigenvalue weighted by Gasteiger charge is -2.18. The van der Waals surface area contributed by atoms with Crippen LogP contribution in [0.3, 0.4) is 0 Å². The molecule has 27 heavy (non-hydrogen) atoms. The molecule has 0 atom stereocenters. The molecule has 0 radical (unpaired) electrons. The molecule has 4 nitrogen and oxygen atoms in total. The van der Waals surface area contributed by atoms with Gasteiger partial charge in [0.2, 0.25) is 0 Å². The van der Waals surface area contributed by atoms with Crippen molar-refractivity contribution in [3.63, 3.8) is 0 Å². The first kappa shape index (κ1) is 17.9. The summed E-state index contributed by atoms with van der Waals surface area (Å²) in [5, 5.41) is 0.667. The molecule has 0 unspecified atom stereocenters. The van der Waals surface area contributed by atoms with Crippen molar-refractivity contribution in [1.82, 2.24) is 4.98 Å². The molecule has 4 aromatic rings. The third-order valence-corrected chi connectivity index (χ3v) is 5.71. The van der Waals surface area contributed by atoms with Gasteiger partial charge in [0.25, 0.3) is 5.91 Å². The van der Waals surface area contributed by atoms with E-state index >= 15 is 0 Å². The highest BCUT2D eigenvalue weighted by Crippen LogP contribution is 2.33. The average molecular weight is 441 g/mol. The van der Waals surface area contributed by atoms with Crippen LogP contribution in [0.1, 0.15) is 27.2 Å². The van der Waals surface area contributed by atoms with Gasteiger partial charge in [0.15, 0.2) is 15.6 Å². The summed E-state index contributed by atoms with van der Waals surface area (Å²) >= 11 is 4.79. The van der Waals surface area contributed by atoms with Gasteiger partial charge in [0.1, 0.15) is 0 Å². The molecule has 1 amide bonds. The van der Waals surface area contributed by atoms with E-state index in [1.54, 1.807) is 17.0 Å². The third kappa shape index (κ3) is 3.68. The summed E-state index contributed by atoms with van der Waals surface area (Å²) in [6.45, 7) is 4.54. The maximum atomic E-state index is 13.2. The largest absolute Gasteiger partial charge is 0.444 e. The molecule has 0 spiro atoms. The Hall–Kier alpha value is -2.44. The molecule has 136 valence electrons. The van der Waals surface area contributed by atoms with Crippen molar-refractivity contribution in [2.75, 3.05) is 4.90 Å². The fraction of sp³-hybridized carbons (Fsp3) is 0.143. The maximum absolute atomic E-state index is 13.2. The van der Waals surface area contributed by atoms with Crippen LogP contribution in [-0.4, -0.2) is 10.9 Å². The van der Waals surface area contributed by atoms with Crippen LogP contribution in [0.15, 0.2) is 63.7 Å². The summed E-state index contributed by atoms with van der Waals surface area (Å²) in [7, 11) is 0. The van der Waals surface area contributed by atoms with Crippen molar-refractivity contribution in [1.29, 1.82) is 0 Å². The fourth-order valence-electron chi connectivity index (χ4n) is 3.03. The monoisotopic (exact) mass is 440 g/mol. The number of thiazole rings is 1. The Labute approximate surface area is 169 Å². The number of fused-ring (bicyclic) bond motifs is 1. The summed E-state index contributed by atoms with van der Waals surface area (Å²) in [5.41, 5.74) is 4.27. The average Bonchev–Trinajstić information content (AvgIpc) is 3.26. The van der Waals surface area contributed by atoms with Crippen LogP contribution < -0.4 is 4.90 Å². The first-order chi connectivity index (χ1) is 13.0. The van der Waals surface area contributed by atoms with E-state index in [1.807, 2.05) is 37.3 Å². The molecule has 0 aliphatic rings.